The number of nitrogens with zero attached hydrogens (tertiary/aromatic N) is 3. The van der Waals surface area contributed by atoms with E-state index in [0.29, 0.717) is 18.1 Å². The Hall–Kier alpha value is -0.920. The van der Waals surface area contributed by atoms with E-state index in [1.54, 1.807) is 11.3 Å². The van der Waals surface area contributed by atoms with Crippen LogP contribution >= 0.6 is 23.1 Å². The van der Waals surface area contributed by atoms with E-state index in [1.165, 1.54) is 0 Å². The lowest BCUT2D eigenvalue weighted by molar-refractivity contribution is 0.349. The van der Waals surface area contributed by atoms with E-state index in [0.717, 1.165) is 22.2 Å². The van der Waals surface area contributed by atoms with E-state index in [-0.39, 0.29) is 12.0 Å². The summed E-state index contributed by atoms with van der Waals surface area (Å²) in [5.74, 6) is 3.52. The predicted molar refractivity (Wildman–Crippen MR) is 72.0 cm³/mol. The lowest BCUT2D eigenvalue weighted by atomic mass is 10.1. The molecule has 3 heterocycles. The van der Waals surface area contributed by atoms with Crippen LogP contribution in [0.4, 0.5) is 0 Å². The molecule has 1 fully saturated rings. The van der Waals surface area contributed by atoms with Crippen molar-refractivity contribution in [2.45, 2.75) is 25.3 Å². The monoisotopic (exact) mass is 282 g/mol. The highest BCUT2D eigenvalue weighted by atomic mass is 32.2. The molecule has 2 aromatic rings. The third-order valence-corrected chi connectivity index (χ3v) is 5.08. The maximum Gasteiger partial charge on any atom is 0.232 e. The lowest BCUT2D eigenvalue weighted by Gasteiger charge is -2.07. The highest BCUT2D eigenvalue weighted by molar-refractivity contribution is 7.99. The van der Waals surface area contributed by atoms with Gasteiger partial charge in [0.05, 0.1) is 12.3 Å². The number of aryl methyl sites for hydroxylation is 1. The summed E-state index contributed by atoms with van der Waals surface area (Å²) in [6, 6.07) is 0.130. The second kappa shape index (κ2) is 4.99. The van der Waals surface area contributed by atoms with Gasteiger partial charge in [0.25, 0.3) is 0 Å². The average Bonchev–Trinajstić information content (AvgIpc) is 3.02. The minimum Gasteiger partial charge on any atom is -0.339 e. The van der Waals surface area contributed by atoms with Crippen LogP contribution in [0.25, 0.3) is 0 Å². The van der Waals surface area contributed by atoms with Gasteiger partial charge in [-0.3, -0.25) is 0 Å². The van der Waals surface area contributed by atoms with Gasteiger partial charge in [-0.05, 0) is 6.92 Å². The number of rotatable bonds is 3. The second-order valence-corrected chi connectivity index (χ2v) is 6.43. The molecule has 0 aromatic carbocycles. The first kappa shape index (κ1) is 12.1. The third kappa shape index (κ3) is 2.43. The Balaban J connectivity index is 1.73. The minimum absolute atomic E-state index is 0.130. The Morgan fingerprint density at radius 3 is 3.00 bits per heavy atom. The molecular weight excluding hydrogens is 268 g/mol. The largest absolute Gasteiger partial charge is 0.339 e. The van der Waals surface area contributed by atoms with Crippen LogP contribution in [-0.2, 0) is 6.42 Å². The Labute approximate surface area is 113 Å². The molecule has 2 N–H and O–H groups in total. The summed E-state index contributed by atoms with van der Waals surface area (Å²) in [7, 11) is 0. The topological polar surface area (TPSA) is 77.8 Å². The van der Waals surface area contributed by atoms with Crippen molar-refractivity contribution in [2.75, 3.05) is 11.5 Å². The standard InChI is InChI=1S/C11H14N4OS2/c1-6-3-18-10(13-6)2-9-14-11(16-15-9)7-4-17-5-8(7)12/h3,7-8H,2,4-5,12H2,1H3. The van der Waals surface area contributed by atoms with Gasteiger partial charge in [-0.1, -0.05) is 5.16 Å². The van der Waals surface area contributed by atoms with Crippen molar-refractivity contribution >= 4 is 23.1 Å². The van der Waals surface area contributed by atoms with Gasteiger partial charge < -0.3 is 10.3 Å². The molecule has 2 aromatic heterocycles. The Kier molecular flexibility index (Phi) is 3.36. The fraction of sp³-hybridized carbons (Fsp3) is 0.545. The summed E-state index contributed by atoms with van der Waals surface area (Å²) < 4.78 is 5.32. The third-order valence-electron chi connectivity index (χ3n) is 2.90. The van der Waals surface area contributed by atoms with Gasteiger partial charge in [-0.15, -0.1) is 11.3 Å². The van der Waals surface area contributed by atoms with Crippen molar-refractivity contribution in [1.82, 2.24) is 15.1 Å². The highest BCUT2D eigenvalue weighted by Crippen LogP contribution is 2.30. The Morgan fingerprint density at radius 1 is 1.44 bits per heavy atom. The van der Waals surface area contributed by atoms with E-state index in [4.69, 9.17) is 10.3 Å². The van der Waals surface area contributed by atoms with Gasteiger partial charge in [-0.2, -0.15) is 16.7 Å². The molecule has 7 heteroatoms. The summed E-state index contributed by atoms with van der Waals surface area (Å²) >= 11 is 3.46. The van der Waals surface area contributed by atoms with Gasteiger partial charge in [0, 0.05) is 28.6 Å². The number of hydrogen-bond acceptors (Lipinski definition) is 7. The summed E-state index contributed by atoms with van der Waals surface area (Å²) in [5, 5.41) is 7.06. The molecule has 0 bridgehead atoms. The van der Waals surface area contributed by atoms with Crippen molar-refractivity contribution in [1.29, 1.82) is 0 Å². The normalized spacial score (nSPS) is 23.7. The van der Waals surface area contributed by atoms with E-state index in [2.05, 4.69) is 15.1 Å². The van der Waals surface area contributed by atoms with Crippen LogP contribution in [0.5, 0.6) is 0 Å². The van der Waals surface area contributed by atoms with Gasteiger partial charge in [0.1, 0.15) is 5.01 Å². The molecule has 2 unspecified atom stereocenters. The van der Waals surface area contributed by atoms with Crippen LogP contribution in [0.3, 0.4) is 0 Å². The first-order valence-corrected chi connectivity index (χ1v) is 7.82. The molecule has 0 spiro atoms. The average molecular weight is 282 g/mol. The number of thiazole rings is 1. The summed E-state index contributed by atoms with van der Waals surface area (Å²) in [5.41, 5.74) is 7.05. The Morgan fingerprint density at radius 2 is 2.33 bits per heavy atom. The number of hydrogen-bond donors (Lipinski definition) is 1. The zero-order valence-corrected chi connectivity index (χ0v) is 11.6. The molecule has 2 atom stereocenters. The summed E-state index contributed by atoms with van der Waals surface area (Å²) in [4.78, 5) is 8.84. The number of nitrogens with two attached hydrogens (primary N) is 1. The molecule has 0 amide bonds. The lowest BCUT2D eigenvalue weighted by Crippen LogP contribution is -2.26. The van der Waals surface area contributed by atoms with Crippen LogP contribution in [0, 0.1) is 6.92 Å². The molecule has 1 saturated heterocycles. The molecule has 5 nitrogen and oxygen atoms in total. The molecule has 0 saturated carbocycles. The predicted octanol–water partition coefficient (Wildman–Crippen LogP) is 1.58. The maximum atomic E-state index is 6.02. The molecule has 1 aliphatic heterocycles. The molecule has 18 heavy (non-hydrogen) atoms. The zero-order chi connectivity index (χ0) is 12.5. The van der Waals surface area contributed by atoms with Gasteiger partial charge in [0.2, 0.25) is 5.89 Å². The minimum atomic E-state index is 0.130. The van der Waals surface area contributed by atoms with E-state index in [9.17, 15) is 0 Å². The summed E-state index contributed by atoms with van der Waals surface area (Å²) in [6.07, 6.45) is 0.636. The van der Waals surface area contributed by atoms with Gasteiger partial charge in [-0.25, -0.2) is 4.98 Å². The first-order chi connectivity index (χ1) is 8.72. The number of thioether (sulfide) groups is 1. The molecular formula is C11H14N4OS2. The van der Waals surface area contributed by atoms with Gasteiger partial charge >= 0.3 is 0 Å². The van der Waals surface area contributed by atoms with Crippen molar-refractivity contribution in [3.8, 4) is 0 Å². The fourth-order valence-electron chi connectivity index (χ4n) is 1.93. The van der Waals surface area contributed by atoms with Crippen molar-refractivity contribution in [2.24, 2.45) is 5.73 Å². The molecule has 0 aliphatic carbocycles. The zero-order valence-electron chi connectivity index (χ0n) is 10.00. The van der Waals surface area contributed by atoms with Gasteiger partial charge in [0.15, 0.2) is 5.82 Å². The van der Waals surface area contributed by atoms with Crippen molar-refractivity contribution in [3.05, 3.63) is 27.8 Å². The molecule has 1 aliphatic rings. The molecule has 0 radical (unpaired) electrons. The van der Waals surface area contributed by atoms with Crippen LogP contribution in [0.2, 0.25) is 0 Å². The fourth-order valence-corrected chi connectivity index (χ4v) is 3.99. The first-order valence-electron chi connectivity index (χ1n) is 5.79. The quantitative estimate of drug-likeness (QED) is 0.921. The second-order valence-electron chi connectivity index (χ2n) is 4.42. The van der Waals surface area contributed by atoms with E-state index in [1.807, 2.05) is 24.1 Å². The van der Waals surface area contributed by atoms with Crippen molar-refractivity contribution in [3.63, 3.8) is 0 Å². The maximum absolute atomic E-state index is 6.02. The van der Waals surface area contributed by atoms with Crippen LogP contribution < -0.4 is 5.73 Å². The smallest absolute Gasteiger partial charge is 0.232 e. The van der Waals surface area contributed by atoms with Crippen LogP contribution in [0.1, 0.15) is 28.3 Å². The Bertz CT molecular complexity index is 539. The number of aromatic nitrogens is 3. The van der Waals surface area contributed by atoms with Crippen LogP contribution in [-0.4, -0.2) is 32.7 Å². The van der Waals surface area contributed by atoms with E-state index < -0.39 is 0 Å². The SMILES string of the molecule is Cc1csc(Cc2noc(C3CSCC3N)n2)n1. The summed E-state index contributed by atoms with van der Waals surface area (Å²) in [6.45, 7) is 1.98. The highest BCUT2D eigenvalue weighted by Gasteiger charge is 2.30. The molecule has 3 rings (SSSR count). The van der Waals surface area contributed by atoms with E-state index >= 15 is 0 Å². The van der Waals surface area contributed by atoms with Crippen LogP contribution in [0.15, 0.2) is 9.90 Å². The van der Waals surface area contributed by atoms with Crippen molar-refractivity contribution < 1.29 is 4.52 Å². The molecule has 96 valence electrons.